The van der Waals surface area contributed by atoms with Gasteiger partial charge in [0.25, 0.3) is 0 Å². The van der Waals surface area contributed by atoms with Crippen molar-refractivity contribution in [3.63, 3.8) is 0 Å². The van der Waals surface area contributed by atoms with E-state index in [9.17, 15) is 5.11 Å². The fourth-order valence-electron chi connectivity index (χ4n) is 8.49. The maximum atomic E-state index is 12.8. The third-order valence-electron chi connectivity index (χ3n) is 12.5. The van der Waals surface area contributed by atoms with Gasteiger partial charge in [-0.1, -0.05) is 169 Å². The molecule has 0 spiro atoms. The number of aromatic hydroxyl groups is 1. The van der Waals surface area contributed by atoms with Gasteiger partial charge < -0.3 is 5.11 Å². The molecular weight excluding hydrogens is 791 g/mol. The zero-order valence-corrected chi connectivity index (χ0v) is 39.6. The molecule has 6 aromatic carbocycles. The molecule has 0 aliphatic rings. The number of hydrogen-bond acceptors (Lipinski definition) is 3. The van der Waals surface area contributed by atoms with Gasteiger partial charge >= 0.3 is 0 Å². The molecule has 4 heteroatoms. The molecule has 0 aliphatic carbocycles. The highest BCUT2D eigenvalue weighted by Gasteiger charge is 2.29. The van der Waals surface area contributed by atoms with Crippen molar-refractivity contribution in [1.29, 1.82) is 0 Å². The minimum atomic E-state index is -3.12. The number of aryl methyl sites for hydroxylation is 1. The average molecular weight is 868 g/mol. The molecule has 0 saturated carbocycles. The summed E-state index contributed by atoms with van der Waals surface area (Å²) in [5.41, 5.74) is 7.08. The van der Waals surface area contributed by atoms with Gasteiger partial charge in [-0.15, -0.1) is 0 Å². The van der Waals surface area contributed by atoms with Crippen molar-refractivity contribution in [2.75, 3.05) is 0 Å². The average Bonchev–Trinajstić information content (AvgIpc) is 3.71. The van der Waals surface area contributed by atoms with E-state index in [4.69, 9.17) is 23.7 Å². The summed E-state index contributed by atoms with van der Waals surface area (Å²) >= 11 is 0. The second-order valence-corrected chi connectivity index (χ2v) is 20.3. The molecule has 65 heavy (non-hydrogen) atoms. The van der Waals surface area contributed by atoms with E-state index in [1.807, 2.05) is 101 Å². The zero-order chi connectivity index (χ0) is 55.2. The van der Waals surface area contributed by atoms with Crippen molar-refractivity contribution >= 4 is 11.0 Å². The molecule has 0 fully saturated rings. The number of aromatic nitrogens is 3. The number of imidazole rings is 1. The molecule has 0 saturated heterocycles. The molecule has 0 unspecified atom stereocenters. The lowest BCUT2D eigenvalue weighted by Gasteiger charge is -2.27. The largest absolute Gasteiger partial charge is 0.507 e. The van der Waals surface area contributed by atoms with Crippen LogP contribution in [-0.2, 0) is 16.2 Å². The highest BCUT2D eigenvalue weighted by molar-refractivity contribution is 5.97. The van der Waals surface area contributed by atoms with Crippen molar-refractivity contribution in [1.82, 2.24) is 14.5 Å². The number of fused-ring (bicyclic) bond motifs is 1. The summed E-state index contributed by atoms with van der Waals surface area (Å²) in [6, 6.07) is 40.5. The third-order valence-corrected chi connectivity index (χ3v) is 12.5. The van der Waals surface area contributed by atoms with Crippen LogP contribution in [0.2, 0.25) is 0 Å². The van der Waals surface area contributed by atoms with E-state index in [0.29, 0.717) is 27.7 Å². The minimum absolute atomic E-state index is 0.0258. The summed E-state index contributed by atoms with van der Waals surface area (Å²) in [7, 11) is 0. The van der Waals surface area contributed by atoms with Gasteiger partial charge in [0.1, 0.15) is 11.6 Å². The van der Waals surface area contributed by atoms with Gasteiger partial charge in [0.05, 0.1) is 28.0 Å². The lowest BCUT2D eigenvalue weighted by molar-refractivity contribution is 0.446. The molecule has 8 aromatic rings. The second kappa shape index (κ2) is 16.9. The maximum absolute atomic E-state index is 12.8. The van der Waals surface area contributed by atoms with E-state index in [0.717, 1.165) is 57.1 Å². The summed E-state index contributed by atoms with van der Waals surface area (Å²) < 4.78 is 90.3. The maximum Gasteiger partial charge on any atom is 0.149 e. The first-order chi connectivity index (χ1) is 34.6. The first kappa shape index (κ1) is 34.1. The SMILES string of the molecule is [2H]C([2H])([2H])c1cc(-c2cc(C(C)C)cc(C([2H])(C)C)c2)ccc1-n1c(-c2cc(C(C)(C)C)cc(C(C)(C([2H])([2H])[2H])C([2H])([2H])[2H])c2O)nc2c(-c3cc(-c4cc(-c5ccccc5)ccn4)cc(C(C)(C)C)c3)cccc21. The van der Waals surface area contributed by atoms with Crippen LogP contribution in [0.5, 0.6) is 5.75 Å². The Bertz CT molecular complexity index is 3440. The number of phenols is 1. The van der Waals surface area contributed by atoms with E-state index in [1.54, 1.807) is 29.0 Å². The molecule has 0 amide bonds. The lowest BCUT2D eigenvalue weighted by atomic mass is 9.79. The fourth-order valence-corrected chi connectivity index (χ4v) is 8.49. The number of pyridine rings is 1. The quantitative estimate of drug-likeness (QED) is 0.166. The number of hydrogen-bond donors (Lipinski definition) is 1. The smallest absolute Gasteiger partial charge is 0.149 e. The Kier molecular flexibility index (Phi) is 8.90. The Labute approximate surface area is 402 Å². The van der Waals surface area contributed by atoms with Crippen molar-refractivity contribution in [2.45, 2.75) is 125 Å². The summed E-state index contributed by atoms with van der Waals surface area (Å²) in [6.07, 6.45) is 1.80. The highest BCUT2D eigenvalue weighted by atomic mass is 16.3. The Hall–Kier alpha value is -6.26. The topological polar surface area (TPSA) is 50.9 Å². The van der Waals surface area contributed by atoms with Crippen LogP contribution < -0.4 is 0 Å². The van der Waals surface area contributed by atoms with Crippen LogP contribution in [-0.4, -0.2) is 19.6 Å². The Balaban J connectivity index is 1.50. The van der Waals surface area contributed by atoms with E-state index < -0.39 is 43.0 Å². The van der Waals surface area contributed by atoms with E-state index >= 15 is 0 Å². The predicted octanol–water partition coefficient (Wildman–Crippen LogP) is 16.9. The van der Waals surface area contributed by atoms with Crippen LogP contribution in [0.3, 0.4) is 0 Å². The van der Waals surface area contributed by atoms with Crippen LogP contribution >= 0.6 is 0 Å². The molecule has 8 rings (SSSR count). The fraction of sp³-hybridized carbons (Fsp3) is 0.311. The number of rotatable bonds is 8. The molecule has 0 aliphatic heterocycles. The van der Waals surface area contributed by atoms with Gasteiger partial charge in [-0.3, -0.25) is 9.55 Å². The Morgan fingerprint density at radius 1 is 0.585 bits per heavy atom. The molecule has 332 valence electrons. The molecule has 2 aromatic heterocycles. The first-order valence-corrected chi connectivity index (χ1v) is 22.5. The third kappa shape index (κ3) is 9.06. The second-order valence-electron chi connectivity index (χ2n) is 20.3. The van der Waals surface area contributed by atoms with Gasteiger partial charge in [-0.25, -0.2) is 4.98 Å². The summed E-state index contributed by atoms with van der Waals surface area (Å²) in [5.74, 6) is -1.34. The first-order valence-electron chi connectivity index (χ1n) is 27.5. The highest BCUT2D eigenvalue weighted by Crippen LogP contribution is 2.45. The van der Waals surface area contributed by atoms with Gasteiger partial charge in [-0.05, 0) is 139 Å². The molecular formula is C61H67N3O. The van der Waals surface area contributed by atoms with Gasteiger partial charge in [0.15, 0.2) is 0 Å². The normalized spacial score (nSPS) is 15.5. The zero-order valence-electron chi connectivity index (χ0n) is 49.6. The van der Waals surface area contributed by atoms with Crippen molar-refractivity contribution in [2.24, 2.45) is 0 Å². The molecule has 0 radical (unpaired) electrons. The number of phenolic OH excluding ortho intramolecular Hbond substituents is 1. The summed E-state index contributed by atoms with van der Waals surface area (Å²) in [4.78, 5) is 10.2. The van der Waals surface area contributed by atoms with Crippen LogP contribution in [0.25, 0.3) is 72.7 Å². The van der Waals surface area contributed by atoms with Crippen molar-refractivity contribution in [3.8, 4) is 67.5 Å². The van der Waals surface area contributed by atoms with Crippen LogP contribution in [0, 0.1) is 6.85 Å². The molecule has 2 heterocycles. The summed E-state index contributed by atoms with van der Waals surface area (Å²) in [5, 5.41) is 12.8. The Morgan fingerprint density at radius 3 is 1.95 bits per heavy atom. The van der Waals surface area contributed by atoms with Crippen molar-refractivity contribution < 1.29 is 18.8 Å². The minimum Gasteiger partial charge on any atom is -0.507 e. The molecule has 1 N–H and O–H groups in total. The molecule has 0 atom stereocenters. The number of para-hydroxylation sites is 1. The number of nitrogens with zero attached hydrogens (tertiary/aromatic N) is 3. The lowest BCUT2D eigenvalue weighted by Crippen LogP contribution is -2.17. The van der Waals surface area contributed by atoms with Gasteiger partial charge in [-0.2, -0.15) is 0 Å². The standard InChI is InChI=1S/C61H67N3O/c1-37(2)43-28-44(38(3)4)30-45(29-43)41-23-24-54(39(5)27-41)64-55-22-18-21-50(56(55)63-58(64)51-35-49(60(9,10)11)36-52(57(51)65)61(12,13)14)46-31-47(33-48(32-46)59(6,7)8)53-34-42(25-26-62-53)40-19-16-15-17-20-40/h15-38,65H,1-14H3/i5D3,12D3,13D3,37D. The Morgan fingerprint density at radius 2 is 1.28 bits per heavy atom. The molecule has 4 nitrogen and oxygen atoms in total. The van der Waals surface area contributed by atoms with Crippen LogP contribution in [0.4, 0.5) is 0 Å². The van der Waals surface area contributed by atoms with Gasteiger partial charge in [0.2, 0.25) is 0 Å². The monoisotopic (exact) mass is 868 g/mol. The van der Waals surface area contributed by atoms with Crippen LogP contribution in [0.1, 0.15) is 149 Å². The van der Waals surface area contributed by atoms with Crippen LogP contribution in [0.15, 0.2) is 134 Å². The predicted molar refractivity (Wildman–Crippen MR) is 277 cm³/mol. The van der Waals surface area contributed by atoms with E-state index in [2.05, 4.69) is 71.0 Å². The summed E-state index contributed by atoms with van der Waals surface area (Å²) in [6.45, 7) is 12.1. The molecule has 0 bridgehead atoms. The van der Waals surface area contributed by atoms with Gasteiger partial charge in [0, 0.05) is 36.6 Å². The number of benzene rings is 6. The van der Waals surface area contributed by atoms with E-state index in [1.165, 1.54) is 6.07 Å². The van der Waals surface area contributed by atoms with Crippen molar-refractivity contribution in [3.05, 3.63) is 167 Å². The van der Waals surface area contributed by atoms with E-state index in [-0.39, 0.29) is 39.5 Å².